The van der Waals surface area contributed by atoms with Crippen molar-refractivity contribution in [3.8, 4) is 0 Å². The molecule has 2 unspecified atom stereocenters. The molecule has 0 aromatic heterocycles. The minimum absolute atomic E-state index is 0.0589. The van der Waals surface area contributed by atoms with Gasteiger partial charge >= 0.3 is 0 Å². The standard InChI is InChI=1S/C13H28N2O2/c1-4-17-13(8-5-6-9-13)12(15-14)11(2)7-10-16-3/h11-12,15H,4-10,14H2,1-3H3. The minimum Gasteiger partial charge on any atom is -0.385 e. The summed E-state index contributed by atoms with van der Waals surface area (Å²) in [5, 5.41) is 0. The molecule has 0 saturated heterocycles. The Morgan fingerprint density at radius 1 is 1.35 bits per heavy atom. The summed E-state index contributed by atoms with van der Waals surface area (Å²) in [6.07, 6.45) is 5.74. The van der Waals surface area contributed by atoms with Gasteiger partial charge in [-0.25, -0.2) is 0 Å². The SMILES string of the molecule is CCOC1(C(NN)C(C)CCOC)CCCC1. The highest BCUT2D eigenvalue weighted by Gasteiger charge is 2.43. The van der Waals surface area contributed by atoms with E-state index in [1.54, 1.807) is 7.11 Å². The molecule has 3 N–H and O–H groups in total. The monoisotopic (exact) mass is 244 g/mol. The summed E-state index contributed by atoms with van der Waals surface area (Å²) in [7, 11) is 1.74. The van der Waals surface area contributed by atoms with Crippen LogP contribution in [0.2, 0.25) is 0 Å². The zero-order valence-corrected chi connectivity index (χ0v) is 11.5. The third-order valence-electron chi connectivity index (χ3n) is 3.97. The van der Waals surface area contributed by atoms with E-state index in [9.17, 15) is 0 Å². The number of hydrazine groups is 1. The Hall–Kier alpha value is -0.160. The lowest BCUT2D eigenvalue weighted by Crippen LogP contribution is -2.57. The van der Waals surface area contributed by atoms with Gasteiger partial charge in [0.05, 0.1) is 11.6 Å². The molecule has 0 heterocycles. The van der Waals surface area contributed by atoms with Crippen LogP contribution in [0.25, 0.3) is 0 Å². The first-order chi connectivity index (χ1) is 8.20. The van der Waals surface area contributed by atoms with Crippen molar-refractivity contribution < 1.29 is 9.47 Å². The van der Waals surface area contributed by atoms with E-state index in [1.165, 1.54) is 12.8 Å². The zero-order chi connectivity index (χ0) is 12.7. The number of methoxy groups -OCH3 is 1. The highest BCUT2D eigenvalue weighted by molar-refractivity contribution is 4.98. The molecule has 0 aromatic carbocycles. The van der Waals surface area contributed by atoms with Gasteiger partial charge in [0.25, 0.3) is 0 Å². The number of nitrogens with two attached hydrogens (primary N) is 1. The van der Waals surface area contributed by atoms with Gasteiger partial charge in [-0.15, -0.1) is 0 Å². The number of rotatable bonds is 8. The van der Waals surface area contributed by atoms with Crippen LogP contribution in [0.3, 0.4) is 0 Å². The van der Waals surface area contributed by atoms with Crippen LogP contribution in [-0.2, 0) is 9.47 Å². The normalized spacial score (nSPS) is 22.6. The Kier molecular flexibility index (Phi) is 6.41. The van der Waals surface area contributed by atoms with Crippen molar-refractivity contribution in [2.75, 3.05) is 20.3 Å². The zero-order valence-electron chi connectivity index (χ0n) is 11.5. The molecule has 0 amide bonds. The lowest BCUT2D eigenvalue weighted by molar-refractivity contribution is -0.0758. The van der Waals surface area contributed by atoms with Crippen LogP contribution in [0.15, 0.2) is 0 Å². The molecule has 4 heteroatoms. The van der Waals surface area contributed by atoms with Crippen molar-refractivity contribution in [3.05, 3.63) is 0 Å². The second-order valence-electron chi connectivity index (χ2n) is 5.11. The maximum absolute atomic E-state index is 6.06. The molecule has 1 aliphatic rings. The van der Waals surface area contributed by atoms with Crippen LogP contribution < -0.4 is 11.3 Å². The highest BCUT2D eigenvalue weighted by Crippen LogP contribution is 2.39. The minimum atomic E-state index is -0.0589. The largest absolute Gasteiger partial charge is 0.385 e. The molecule has 1 aliphatic carbocycles. The van der Waals surface area contributed by atoms with E-state index in [0.29, 0.717) is 5.92 Å². The molecule has 0 aromatic rings. The Bertz CT molecular complexity index is 206. The summed E-state index contributed by atoms with van der Waals surface area (Å²) in [6, 6.07) is 0.222. The van der Waals surface area contributed by atoms with Crippen molar-refractivity contribution in [3.63, 3.8) is 0 Å². The van der Waals surface area contributed by atoms with Gasteiger partial charge < -0.3 is 9.47 Å². The summed E-state index contributed by atoms with van der Waals surface area (Å²) in [5.41, 5.74) is 2.94. The third-order valence-corrected chi connectivity index (χ3v) is 3.97. The molecule has 2 atom stereocenters. The van der Waals surface area contributed by atoms with E-state index in [4.69, 9.17) is 15.3 Å². The van der Waals surface area contributed by atoms with Gasteiger partial charge in [0.15, 0.2) is 0 Å². The van der Waals surface area contributed by atoms with Gasteiger partial charge in [0.1, 0.15) is 0 Å². The van der Waals surface area contributed by atoms with Crippen LogP contribution >= 0.6 is 0 Å². The van der Waals surface area contributed by atoms with Crippen molar-refractivity contribution in [2.24, 2.45) is 11.8 Å². The number of hydrogen-bond acceptors (Lipinski definition) is 4. The summed E-state index contributed by atoms with van der Waals surface area (Å²) in [5.74, 6) is 6.23. The van der Waals surface area contributed by atoms with Crippen molar-refractivity contribution in [2.45, 2.75) is 57.6 Å². The maximum atomic E-state index is 6.06. The first-order valence-electron chi connectivity index (χ1n) is 6.79. The molecule has 1 rings (SSSR count). The third kappa shape index (κ3) is 3.65. The quantitative estimate of drug-likeness (QED) is 0.505. The first-order valence-corrected chi connectivity index (χ1v) is 6.79. The molecule has 17 heavy (non-hydrogen) atoms. The molecule has 0 spiro atoms. The summed E-state index contributed by atoms with van der Waals surface area (Å²) in [6.45, 7) is 5.83. The van der Waals surface area contributed by atoms with Crippen molar-refractivity contribution >= 4 is 0 Å². The van der Waals surface area contributed by atoms with Gasteiger partial charge in [0.2, 0.25) is 0 Å². The van der Waals surface area contributed by atoms with Crippen LogP contribution in [0, 0.1) is 5.92 Å². The van der Waals surface area contributed by atoms with Crippen LogP contribution in [0.5, 0.6) is 0 Å². The Labute approximate surface area is 105 Å². The van der Waals surface area contributed by atoms with Gasteiger partial charge in [-0.3, -0.25) is 11.3 Å². The Morgan fingerprint density at radius 3 is 2.47 bits per heavy atom. The smallest absolute Gasteiger partial charge is 0.0850 e. The van der Waals surface area contributed by atoms with E-state index in [-0.39, 0.29) is 11.6 Å². The average Bonchev–Trinajstić information content (AvgIpc) is 2.77. The van der Waals surface area contributed by atoms with Crippen LogP contribution in [-0.4, -0.2) is 32.0 Å². The second kappa shape index (κ2) is 7.31. The summed E-state index contributed by atoms with van der Waals surface area (Å²) >= 11 is 0. The first kappa shape index (κ1) is 14.9. The van der Waals surface area contributed by atoms with Gasteiger partial charge in [-0.2, -0.15) is 0 Å². The number of nitrogens with one attached hydrogen (secondary N) is 1. The maximum Gasteiger partial charge on any atom is 0.0850 e. The molecule has 4 nitrogen and oxygen atoms in total. The molecule has 0 aliphatic heterocycles. The summed E-state index contributed by atoms with van der Waals surface area (Å²) < 4.78 is 11.2. The molecule has 102 valence electrons. The van der Waals surface area contributed by atoms with Crippen molar-refractivity contribution in [1.82, 2.24) is 5.43 Å². The molecule has 0 radical (unpaired) electrons. The fourth-order valence-electron chi connectivity index (χ4n) is 3.11. The van der Waals surface area contributed by atoms with E-state index in [2.05, 4.69) is 19.3 Å². The fraction of sp³-hybridized carbons (Fsp3) is 1.00. The highest BCUT2D eigenvalue weighted by atomic mass is 16.5. The Balaban J connectivity index is 2.67. The van der Waals surface area contributed by atoms with E-state index >= 15 is 0 Å². The molecular weight excluding hydrogens is 216 g/mol. The lowest BCUT2D eigenvalue weighted by Gasteiger charge is -2.40. The predicted molar refractivity (Wildman–Crippen MR) is 69.6 cm³/mol. The molecule has 1 saturated carbocycles. The van der Waals surface area contributed by atoms with Gasteiger partial charge in [-0.05, 0) is 32.1 Å². The molecule has 0 bridgehead atoms. The molecular formula is C13H28N2O2. The van der Waals surface area contributed by atoms with Gasteiger partial charge in [-0.1, -0.05) is 19.8 Å². The van der Waals surface area contributed by atoms with E-state index < -0.39 is 0 Å². The van der Waals surface area contributed by atoms with Crippen LogP contribution in [0.4, 0.5) is 0 Å². The van der Waals surface area contributed by atoms with Gasteiger partial charge in [0, 0.05) is 20.3 Å². The fourth-order valence-corrected chi connectivity index (χ4v) is 3.11. The average molecular weight is 244 g/mol. The lowest BCUT2D eigenvalue weighted by atomic mass is 9.82. The summed E-state index contributed by atoms with van der Waals surface area (Å²) in [4.78, 5) is 0. The predicted octanol–water partition coefficient (Wildman–Crippen LogP) is 1.84. The second-order valence-corrected chi connectivity index (χ2v) is 5.11. The molecule has 1 fully saturated rings. The Morgan fingerprint density at radius 2 is 2.00 bits per heavy atom. The van der Waals surface area contributed by atoms with E-state index in [1.807, 2.05) is 0 Å². The van der Waals surface area contributed by atoms with E-state index in [0.717, 1.165) is 32.5 Å². The van der Waals surface area contributed by atoms with Crippen LogP contribution in [0.1, 0.15) is 46.0 Å². The number of ether oxygens (including phenoxy) is 2. The van der Waals surface area contributed by atoms with Crippen molar-refractivity contribution in [1.29, 1.82) is 0 Å². The number of hydrogen-bond donors (Lipinski definition) is 2. The topological polar surface area (TPSA) is 56.5 Å².